The molecule has 1 fully saturated rings. The Bertz CT molecular complexity index is 662. The molecule has 0 radical (unpaired) electrons. The summed E-state index contributed by atoms with van der Waals surface area (Å²) in [6.07, 6.45) is 0. The number of hydrogen-bond donors (Lipinski definition) is 1. The number of nitrogens with zero attached hydrogens (tertiary/aromatic N) is 2. The Morgan fingerprint density at radius 1 is 1.48 bits per heavy atom. The summed E-state index contributed by atoms with van der Waals surface area (Å²) in [5.74, 6) is 1.04. The molecule has 1 aromatic carbocycles. The van der Waals surface area contributed by atoms with Crippen LogP contribution in [0.1, 0.15) is 13.8 Å². The zero-order valence-corrected chi connectivity index (χ0v) is 13.2. The maximum atomic E-state index is 11.9. The predicted octanol–water partition coefficient (Wildman–Crippen LogP) is 2.27. The van der Waals surface area contributed by atoms with Crippen LogP contribution in [0.5, 0.6) is 5.75 Å². The average Bonchev–Trinajstić information content (AvgIpc) is 2.77. The second-order valence-electron chi connectivity index (χ2n) is 5.60. The lowest BCUT2D eigenvalue weighted by Crippen LogP contribution is -2.54. The maximum Gasteiger partial charge on any atom is 0.226 e. The van der Waals surface area contributed by atoms with Crippen LogP contribution in [0.4, 0.5) is 5.13 Å². The van der Waals surface area contributed by atoms with Crippen LogP contribution in [0.25, 0.3) is 10.2 Å². The van der Waals surface area contributed by atoms with Crippen LogP contribution >= 0.6 is 11.3 Å². The van der Waals surface area contributed by atoms with Crippen LogP contribution in [-0.2, 0) is 4.79 Å². The second-order valence-corrected chi connectivity index (χ2v) is 6.60. The molecule has 3 rings (SSSR count). The zero-order chi connectivity index (χ0) is 15.0. The Balaban J connectivity index is 1.68. The van der Waals surface area contributed by atoms with E-state index in [1.807, 2.05) is 32.0 Å². The van der Waals surface area contributed by atoms with E-state index in [4.69, 9.17) is 4.74 Å². The first-order valence-electron chi connectivity index (χ1n) is 7.06. The van der Waals surface area contributed by atoms with Crippen molar-refractivity contribution in [2.75, 3.05) is 25.1 Å². The zero-order valence-electron chi connectivity index (χ0n) is 12.4. The Morgan fingerprint density at radius 2 is 2.24 bits per heavy atom. The molecule has 0 unspecified atom stereocenters. The van der Waals surface area contributed by atoms with Crippen LogP contribution in [-0.4, -0.2) is 37.1 Å². The van der Waals surface area contributed by atoms with Gasteiger partial charge in [-0.3, -0.25) is 4.79 Å². The van der Waals surface area contributed by atoms with E-state index in [0.717, 1.165) is 34.2 Å². The Kier molecular flexibility index (Phi) is 3.71. The second kappa shape index (κ2) is 5.52. The molecule has 6 heteroatoms. The molecule has 1 aliphatic heterocycles. The highest BCUT2D eigenvalue weighted by molar-refractivity contribution is 7.22. The Morgan fingerprint density at radius 3 is 2.90 bits per heavy atom. The third-order valence-electron chi connectivity index (χ3n) is 3.54. The number of nitrogens with one attached hydrogen (secondary N) is 1. The number of rotatable bonds is 4. The van der Waals surface area contributed by atoms with Crippen molar-refractivity contribution in [3.63, 3.8) is 0 Å². The highest BCUT2D eigenvalue weighted by Gasteiger charge is 2.34. The number of fused-ring (bicyclic) bond motifs is 1. The Labute approximate surface area is 127 Å². The number of hydrogen-bond acceptors (Lipinski definition) is 5. The molecule has 21 heavy (non-hydrogen) atoms. The number of anilines is 1. The van der Waals surface area contributed by atoms with Gasteiger partial charge in [-0.15, -0.1) is 0 Å². The third-order valence-corrected chi connectivity index (χ3v) is 4.63. The number of methoxy groups -OCH3 is 1. The van der Waals surface area contributed by atoms with E-state index >= 15 is 0 Å². The van der Waals surface area contributed by atoms with E-state index in [9.17, 15) is 4.79 Å². The summed E-state index contributed by atoms with van der Waals surface area (Å²) in [6.45, 7) is 5.45. The van der Waals surface area contributed by atoms with Gasteiger partial charge < -0.3 is 15.0 Å². The van der Waals surface area contributed by atoms with Crippen LogP contribution < -0.4 is 15.0 Å². The molecule has 0 atom stereocenters. The van der Waals surface area contributed by atoms with Crippen molar-refractivity contribution >= 4 is 32.6 Å². The summed E-state index contributed by atoms with van der Waals surface area (Å²) in [7, 11) is 1.65. The van der Waals surface area contributed by atoms with Gasteiger partial charge in [-0.05, 0) is 26.0 Å². The molecule has 1 N–H and O–H groups in total. The number of carbonyl (C=O) groups is 1. The molecule has 1 aromatic heterocycles. The highest BCUT2D eigenvalue weighted by atomic mass is 32.1. The van der Waals surface area contributed by atoms with E-state index < -0.39 is 0 Å². The van der Waals surface area contributed by atoms with Gasteiger partial charge >= 0.3 is 0 Å². The van der Waals surface area contributed by atoms with Crippen LogP contribution in [0.3, 0.4) is 0 Å². The summed E-state index contributed by atoms with van der Waals surface area (Å²) < 4.78 is 6.36. The lowest BCUT2D eigenvalue weighted by atomic mass is 10.00. The number of carbonyl (C=O) groups excluding carboxylic acids is 1. The van der Waals surface area contributed by atoms with Gasteiger partial charge in [0.1, 0.15) is 5.75 Å². The fourth-order valence-corrected chi connectivity index (χ4v) is 3.32. The van der Waals surface area contributed by atoms with Gasteiger partial charge in [0.25, 0.3) is 0 Å². The molecule has 0 aliphatic carbocycles. The van der Waals surface area contributed by atoms with E-state index in [1.165, 1.54) is 0 Å². The average molecular weight is 305 g/mol. The van der Waals surface area contributed by atoms with Gasteiger partial charge in [0, 0.05) is 25.2 Å². The van der Waals surface area contributed by atoms with Crippen molar-refractivity contribution in [3.8, 4) is 5.75 Å². The number of benzene rings is 1. The molecule has 2 heterocycles. The van der Waals surface area contributed by atoms with E-state index in [2.05, 4.69) is 15.2 Å². The van der Waals surface area contributed by atoms with Crippen LogP contribution in [0.15, 0.2) is 18.2 Å². The number of thiazole rings is 1. The highest BCUT2D eigenvalue weighted by Crippen LogP contribution is 2.34. The van der Waals surface area contributed by atoms with Gasteiger partial charge in [-0.1, -0.05) is 11.3 Å². The van der Waals surface area contributed by atoms with Crippen LogP contribution in [0.2, 0.25) is 0 Å². The minimum Gasteiger partial charge on any atom is -0.497 e. The fourth-order valence-electron chi connectivity index (χ4n) is 2.36. The largest absolute Gasteiger partial charge is 0.497 e. The molecule has 1 amide bonds. The summed E-state index contributed by atoms with van der Waals surface area (Å²) in [5.41, 5.74) is 0.949. The van der Waals surface area contributed by atoms with E-state index in [-0.39, 0.29) is 17.9 Å². The van der Waals surface area contributed by atoms with Gasteiger partial charge in [0.05, 0.1) is 23.2 Å². The topological polar surface area (TPSA) is 54.5 Å². The third kappa shape index (κ3) is 2.81. The predicted molar refractivity (Wildman–Crippen MR) is 85.2 cm³/mol. The molecular formula is C15H19N3O2S. The summed E-state index contributed by atoms with van der Waals surface area (Å²) >= 11 is 1.66. The number of aromatic nitrogens is 1. The normalized spacial score (nSPS) is 15.3. The summed E-state index contributed by atoms with van der Waals surface area (Å²) in [6, 6.07) is 6.11. The molecule has 2 aromatic rings. The Hall–Kier alpha value is -1.82. The van der Waals surface area contributed by atoms with Crippen molar-refractivity contribution in [2.45, 2.75) is 19.9 Å². The minimum atomic E-state index is 0.0777. The smallest absolute Gasteiger partial charge is 0.226 e. The van der Waals surface area contributed by atoms with Crippen molar-refractivity contribution in [3.05, 3.63) is 18.2 Å². The quantitative estimate of drug-likeness (QED) is 0.941. The molecule has 0 saturated carbocycles. The van der Waals surface area contributed by atoms with E-state index in [1.54, 1.807) is 18.4 Å². The lowest BCUT2D eigenvalue weighted by molar-refractivity contribution is -0.126. The number of ether oxygens (including phenoxy) is 1. The fraction of sp³-hybridized carbons (Fsp3) is 0.467. The molecule has 112 valence electrons. The van der Waals surface area contributed by atoms with Crippen molar-refractivity contribution in [1.82, 2.24) is 10.3 Å². The first kappa shape index (κ1) is 14.1. The maximum absolute atomic E-state index is 11.9. The molecule has 0 bridgehead atoms. The molecular weight excluding hydrogens is 286 g/mol. The SMILES string of the molecule is COc1ccc2sc(N3CC(C(=O)NC(C)C)C3)nc2c1. The first-order valence-corrected chi connectivity index (χ1v) is 7.88. The first-order chi connectivity index (χ1) is 10.1. The molecule has 1 aliphatic rings. The van der Waals surface area contributed by atoms with Gasteiger partial charge in [-0.25, -0.2) is 4.98 Å². The number of amides is 1. The van der Waals surface area contributed by atoms with Gasteiger partial charge in [-0.2, -0.15) is 0 Å². The van der Waals surface area contributed by atoms with Gasteiger partial charge in [0.15, 0.2) is 5.13 Å². The molecule has 1 saturated heterocycles. The summed E-state index contributed by atoms with van der Waals surface area (Å²) in [5, 5.41) is 3.94. The lowest BCUT2D eigenvalue weighted by Gasteiger charge is -2.38. The standard InChI is InChI=1S/C15H19N3O2S/c1-9(2)16-14(19)10-7-18(8-10)15-17-12-6-11(20-3)4-5-13(12)21-15/h4-6,9-10H,7-8H2,1-3H3,(H,16,19). The minimum absolute atomic E-state index is 0.0777. The van der Waals surface area contributed by atoms with Crippen molar-refractivity contribution in [1.29, 1.82) is 0 Å². The molecule has 5 nitrogen and oxygen atoms in total. The molecule has 0 spiro atoms. The monoisotopic (exact) mass is 305 g/mol. The van der Waals surface area contributed by atoms with Crippen molar-refractivity contribution in [2.24, 2.45) is 5.92 Å². The van der Waals surface area contributed by atoms with E-state index in [0.29, 0.717) is 0 Å². The van der Waals surface area contributed by atoms with Crippen molar-refractivity contribution < 1.29 is 9.53 Å². The van der Waals surface area contributed by atoms with Crippen LogP contribution in [0, 0.1) is 5.92 Å². The summed E-state index contributed by atoms with van der Waals surface area (Å²) in [4.78, 5) is 18.7. The van der Waals surface area contributed by atoms with Gasteiger partial charge in [0.2, 0.25) is 5.91 Å².